The number of aryl methyl sites for hydroxylation is 2. The zero-order valence-corrected chi connectivity index (χ0v) is 13.5. The Morgan fingerprint density at radius 3 is 2.91 bits per heavy atom. The molecule has 23 heavy (non-hydrogen) atoms. The van der Waals surface area contributed by atoms with Gasteiger partial charge in [0.1, 0.15) is 4.83 Å². The van der Waals surface area contributed by atoms with Crippen molar-refractivity contribution >= 4 is 44.1 Å². The fourth-order valence-corrected chi connectivity index (χ4v) is 3.72. The van der Waals surface area contributed by atoms with Crippen molar-refractivity contribution in [1.82, 2.24) is 14.8 Å². The molecule has 1 aromatic carbocycles. The molecule has 0 aliphatic carbocycles. The average molecular weight is 322 g/mol. The molecule has 0 unspecified atom stereocenters. The zero-order chi connectivity index (χ0) is 16.0. The van der Waals surface area contributed by atoms with Gasteiger partial charge in [0.25, 0.3) is 5.91 Å². The van der Waals surface area contributed by atoms with E-state index in [1.165, 1.54) is 11.3 Å². The summed E-state index contributed by atoms with van der Waals surface area (Å²) in [7, 11) is 1.89. The van der Waals surface area contributed by atoms with Crippen molar-refractivity contribution in [1.29, 1.82) is 0 Å². The first kappa shape index (κ1) is 13.9. The van der Waals surface area contributed by atoms with Gasteiger partial charge in [-0.25, -0.2) is 0 Å². The average Bonchev–Trinajstić information content (AvgIpc) is 3.10. The van der Waals surface area contributed by atoms with Crippen LogP contribution in [0.5, 0.6) is 0 Å². The van der Waals surface area contributed by atoms with Crippen LogP contribution in [0.4, 0.5) is 5.69 Å². The van der Waals surface area contributed by atoms with E-state index < -0.39 is 0 Å². The second-order valence-electron chi connectivity index (χ2n) is 5.37. The van der Waals surface area contributed by atoms with Crippen LogP contribution in [-0.4, -0.2) is 20.7 Å². The smallest absolute Gasteiger partial charge is 0.265 e. The standard InChI is InChI=1S/C17H14N4OS/c1-10-12-9-14(23-17(12)21(2)20-10)16(22)19-13-7-3-5-11-6-4-8-18-15(11)13/h3-9H,1-2H3,(H,19,22). The van der Waals surface area contributed by atoms with Crippen LogP contribution in [0.15, 0.2) is 42.6 Å². The van der Waals surface area contributed by atoms with E-state index >= 15 is 0 Å². The summed E-state index contributed by atoms with van der Waals surface area (Å²) in [6.45, 7) is 1.95. The van der Waals surface area contributed by atoms with Gasteiger partial charge in [-0.1, -0.05) is 18.2 Å². The number of anilines is 1. The number of carbonyl (C=O) groups excluding carboxylic acids is 1. The van der Waals surface area contributed by atoms with Crippen LogP contribution < -0.4 is 5.32 Å². The summed E-state index contributed by atoms with van der Waals surface area (Å²) in [6, 6.07) is 11.5. The second-order valence-corrected chi connectivity index (χ2v) is 6.40. The van der Waals surface area contributed by atoms with Crippen molar-refractivity contribution in [3.63, 3.8) is 0 Å². The van der Waals surface area contributed by atoms with Crippen molar-refractivity contribution < 1.29 is 4.79 Å². The number of benzene rings is 1. The molecule has 3 aromatic heterocycles. The maximum atomic E-state index is 12.6. The fraction of sp³-hybridized carbons (Fsp3) is 0.118. The number of aromatic nitrogens is 3. The first-order chi connectivity index (χ1) is 11.1. The minimum atomic E-state index is -0.122. The summed E-state index contributed by atoms with van der Waals surface area (Å²) in [5, 5.41) is 9.36. The Balaban J connectivity index is 1.72. The lowest BCUT2D eigenvalue weighted by Crippen LogP contribution is -2.10. The molecule has 0 saturated heterocycles. The van der Waals surface area contributed by atoms with Gasteiger partial charge in [-0.2, -0.15) is 5.10 Å². The summed E-state index contributed by atoms with van der Waals surface area (Å²) in [6.07, 6.45) is 1.73. The maximum absolute atomic E-state index is 12.6. The third-order valence-electron chi connectivity index (χ3n) is 3.80. The highest BCUT2D eigenvalue weighted by Gasteiger charge is 2.16. The minimum Gasteiger partial charge on any atom is -0.319 e. The van der Waals surface area contributed by atoms with Crippen molar-refractivity contribution in [3.05, 3.63) is 53.2 Å². The van der Waals surface area contributed by atoms with Gasteiger partial charge < -0.3 is 5.32 Å². The highest BCUT2D eigenvalue weighted by molar-refractivity contribution is 7.20. The van der Waals surface area contributed by atoms with Gasteiger partial charge in [-0.05, 0) is 25.1 Å². The molecule has 114 valence electrons. The zero-order valence-electron chi connectivity index (χ0n) is 12.7. The van der Waals surface area contributed by atoms with E-state index in [4.69, 9.17) is 0 Å². The Labute approximate surface area is 136 Å². The molecule has 0 atom stereocenters. The molecule has 0 spiro atoms. The highest BCUT2D eigenvalue weighted by Crippen LogP contribution is 2.29. The molecule has 0 fully saturated rings. The van der Waals surface area contributed by atoms with Gasteiger partial charge in [-0.15, -0.1) is 11.3 Å². The number of pyridine rings is 1. The number of hydrogen-bond acceptors (Lipinski definition) is 4. The van der Waals surface area contributed by atoms with Gasteiger partial charge in [0.05, 0.1) is 21.8 Å². The summed E-state index contributed by atoms with van der Waals surface area (Å²) in [4.78, 5) is 18.6. The number of amides is 1. The fourth-order valence-electron chi connectivity index (χ4n) is 2.71. The number of nitrogens with one attached hydrogen (secondary N) is 1. The number of thiophene rings is 1. The van der Waals surface area contributed by atoms with E-state index in [-0.39, 0.29) is 5.91 Å². The predicted octanol–water partition coefficient (Wildman–Crippen LogP) is 3.74. The van der Waals surface area contributed by atoms with E-state index in [9.17, 15) is 4.79 Å². The lowest BCUT2D eigenvalue weighted by molar-refractivity contribution is 0.103. The van der Waals surface area contributed by atoms with Crippen LogP contribution in [0.2, 0.25) is 0 Å². The molecule has 1 amide bonds. The summed E-state index contributed by atoms with van der Waals surface area (Å²) in [5.41, 5.74) is 2.45. The van der Waals surface area contributed by atoms with Crippen LogP contribution in [0, 0.1) is 6.92 Å². The van der Waals surface area contributed by atoms with Crippen LogP contribution >= 0.6 is 11.3 Å². The second kappa shape index (κ2) is 5.17. The Hall–Kier alpha value is -2.73. The molecule has 0 radical (unpaired) electrons. The number of fused-ring (bicyclic) bond motifs is 2. The van der Waals surface area contributed by atoms with E-state index in [1.54, 1.807) is 6.20 Å². The third-order valence-corrected chi connectivity index (χ3v) is 5.00. The largest absolute Gasteiger partial charge is 0.319 e. The molecule has 3 heterocycles. The molecule has 5 nitrogen and oxygen atoms in total. The first-order valence-corrected chi connectivity index (χ1v) is 8.03. The molecule has 4 aromatic rings. The van der Waals surface area contributed by atoms with Crippen molar-refractivity contribution in [2.75, 3.05) is 5.32 Å². The molecule has 0 saturated carbocycles. The topological polar surface area (TPSA) is 59.8 Å². The van der Waals surface area contributed by atoms with Crippen molar-refractivity contribution in [2.24, 2.45) is 7.05 Å². The molecule has 1 N–H and O–H groups in total. The molecule has 4 rings (SSSR count). The predicted molar refractivity (Wildman–Crippen MR) is 93.0 cm³/mol. The first-order valence-electron chi connectivity index (χ1n) is 7.22. The van der Waals surface area contributed by atoms with Crippen molar-refractivity contribution in [2.45, 2.75) is 6.92 Å². The van der Waals surface area contributed by atoms with E-state index in [1.807, 2.05) is 55.1 Å². The lowest BCUT2D eigenvalue weighted by Gasteiger charge is -2.06. The van der Waals surface area contributed by atoms with Crippen LogP contribution in [-0.2, 0) is 7.05 Å². The summed E-state index contributed by atoms with van der Waals surface area (Å²) in [5.74, 6) is -0.122. The lowest BCUT2D eigenvalue weighted by atomic mass is 10.2. The molecule has 0 bridgehead atoms. The Kier molecular flexibility index (Phi) is 3.12. The maximum Gasteiger partial charge on any atom is 0.265 e. The number of hydrogen-bond donors (Lipinski definition) is 1. The molecule has 0 aliphatic heterocycles. The summed E-state index contributed by atoms with van der Waals surface area (Å²) < 4.78 is 1.81. The Morgan fingerprint density at radius 1 is 1.26 bits per heavy atom. The number of rotatable bonds is 2. The van der Waals surface area contributed by atoms with Crippen molar-refractivity contribution in [3.8, 4) is 0 Å². The van der Waals surface area contributed by atoms with Gasteiger partial charge in [-0.3, -0.25) is 14.5 Å². The highest BCUT2D eigenvalue weighted by atomic mass is 32.1. The van der Waals surface area contributed by atoms with Gasteiger partial charge in [0, 0.05) is 24.0 Å². The quantitative estimate of drug-likeness (QED) is 0.611. The molecular weight excluding hydrogens is 308 g/mol. The van der Waals surface area contributed by atoms with Gasteiger partial charge in [0.2, 0.25) is 0 Å². The van der Waals surface area contributed by atoms with E-state index in [0.717, 1.165) is 32.5 Å². The van der Waals surface area contributed by atoms with Crippen LogP contribution in [0.3, 0.4) is 0 Å². The van der Waals surface area contributed by atoms with E-state index in [2.05, 4.69) is 15.4 Å². The van der Waals surface area contributed by atoms with E-state index in [0.29, 0.717) is 4.88 Å². The Morgan fingerprint density at radius 2 is 2.09 bits per heavy atom. The van der Waals surface area contributed by atoms with Gasteiger partial charge in [0.15, 0.2) is 0 Å². The minimum absolute atomic E-state index is 0.122. The monoisotopic (exact) mass is 322 g/mol. The number of nitrogens with zero attached hydrogens (tertiary/aromatic N) is 3. The summed E-state index contributed by atoms with van der Waals surface area (Å²) >= 11 is 1.45. The van der Waals surface area contributed by atoms with Gasteiger partial charge >= 0.3 is 0 Å². The molecular formula is C17H14N4OS. The van der Waals surface area contributed by atoms with Crippen LogP contribution in [0.25, 0.3) is 21.1 Å². The molecule has 6 heteroatoms. The SMILES string of the molecule is Cc1nn(C)c2sc(C(=O)Nc3cccc4cccnc34)cc12. The van der Waals surface area contributed by atoms with Crippen LogP contribution in [0.1, 0.15) is 15.4 Å². The number of para-hydroxylation sites is 1. The number of carbonyl (C=O) groups is 1. The molecule has 0 aliphatic rings. The third kappa shape index (κ3) is 2.27. The normalized spacial score (nSPS) is 11.2. The Bertz CT molecular complexity index is 1010.